The number of hydrogen-bond donors (Lipinski definition) is 1. The summed E-state index contributed by atoms with van der Waals surface area (Å²) in [7, 11) is -4.94. The fraction of sp³-hybridized carbons (Fsp3) is 0.167. The van der Waals surface area contributed by atoms with Gasteiger partial charge in [0, 0.05) is 0 Å². The van der Waals surface area contributed by atoms with Crippen LogP contribution in [0.2, 0.25) is 0 Å². The van der Waals surface area contributed by atoms with Crippen molar-refractivity contribution < 1.29 is 38.9 Å². The molecular formula is C12H12ClNO5. The van der Waals surface area contributed by atoms with Gasteiger partial charge in [0.25, 0.3) is 0 Å². The van der Waals surface area contributed by atoms with E-state index in [1.165, 1.54) is 16.3 Å². The van der Waals surface area contributed by atoms with Crippen LogP contribution in [-0.2, 0) is 6.54 Å². The lowest BCUT2D eigenvalue weighted by atomic mass is 10.0. The van der Waals surface area contributed by atoms with Gasteiger partial charge in [0.05, 0.1) is 5.56 Å². The number of hydrogen-bond acceptors (Lipinski definition) is 5. The second-order valence-electron chi connectivity index (χ2n) is 3.95. The first-order valence-corrected chi connectivity index (χ1v) is 6.75. The molecule has 0 unspecified atom stereocenters. The maximum atomic E-state index is 8.49. The number of fused-ring (bicyclic) bond motifs is 3. The Balaban J connectivity index is 0.000000232. The van der Waals surface area contributed by atoms with Crippen molar-refractivity contribution in [2.24, 2.45) is 0 Å². The first-order valence-electron chi connectivity index (χ1n) is 5.52. The van der Waals surface area contributed by atoms with Gasteiger partial charge >= 0.3 is 0 Å². The highest BCUT2D eigenvalue weighted by Crippen LogP contribution is 2.27. The average Bonchev–Trinajstić information content (AvgIpc) is 2.37. The molecule has 0 spiro atoms. The topological polar surface area (TPSA) is 118 Å². The highest BCUT2D eigenvalue weighted by atomic mass is 35.7. The Labute approximate surface area is 111 Å². The van der Waals surface area contributed by atoms with Gasteiger partial charge in [-0.2, -0.15) is 0 Å². The van der Waals surface area contributed by atoms with Crippen molar-refractivity contribution >= 4 is 10.8 Å². The Morgan fingerprint density at radius 1 is 1.00 bits per heavy atom. The molecule has 1 aliphatic heterocycles. The quantitative estimate of drug-likeness (QED) is 0.539. The smallest absolute Gasteiger partial charge is 0.221 e. The summed E-state index contributed by atoms with van der Waals surface area (Å²) < 4.78 is 39.5. The average molecular weight is 286 g/mol. The van der Waals surface area contributed by atoms with Crippen molar-refractivity contribution in [1.29, 1.82) is 0 Å². The zero-order valence-electron chi connectivity index (χ0n) is 9.87. The van der Waals surface area contributed by atoms with Gasteiger partial charge in [-0.1, -0.05) is 30.3 Å². The van der Waals surface area contributed by atoms with Gasteiger partial charge in [0.15, 0.2) is 0 Å². The van der Waals surface area contributed by atoms with E-state index in [9.17, 15) is 0 Å². The van der Waals surface area contributed by atoms with Gasteiger partial charge in [0.1, 0.15) is 12.3 Å². The summed E-state index contributed by atoms with van der Waals surface area (Å²) in [6, 6.07) is 12.7. The van der Waals surface area contributed by atoms with Crippen molar-refractivity contribution in [3.63, 3.8) is 0 Å². The van der Waals surface area contributed by atoms with Crippen LogP contribution in [-0.4, -0.2) is 6.73 Å². The summed E-state index contributed by atoms with van der Waals surface area (Å²) in [5.74, 6) is 1.05. The van der Waals surface area contributed by atoms with Crippen molar-refractivity contribution in [2.45, 2.75) is 6.54 Å². The molecule has 0 aromatic heterocycles. The largest absolute Gasteiger partial charge is 0.445 e. The van der Waals surface area contributed by atoms with Crippen molar-refractivity contribution in [3.8, 4) is 5.75 Å². The molecule has 7 heteroatoms. The van der Waals surface area contributed by atoms with Crippen LogP contribution < -0.4 is 28.7 Å². The lowest BCUT2D eigenvalue weighted by molar-refractivity contribution is -2.00. The third-order valence-electron chi connectivity index (χ3n) is 2.70. The molecule has 1 heterocycles. The molecule has 2 aromatic rings. The lowest BCUT2D eigenvalue weighted by Gasteiger charge is -2.17. The SMILES string of the molecule is [O-][Cl+3]([O-])([O-])[O-].c1ccc2c3c(ccc2c1)OC[NH2+]C3. The highest BCUT2D eigenvalue weighted by molar-refractivity contribution is 5.87. The normalized spacial score (nSPS) is 14.1. The molecule has 2 N–H and O–H groups in total. The molecule has 19 heavy (non-hydrogen) atoms. The fourth-order valence-electron chi connectivity index (χ4n) is 2.01. The highest BCUT2D eigenvalue weighted by Gasteiger charge is 2.14. The van der Waals surface area contributed by atoms with E-state index in [4.69, 9.17) is 23.4 Å². The molecule has 102 valence electrons. The van der Waals surface area contributed by atoms with E-state index < -0.39 is 10.2 Å². The number of halogens is 1. The third-order valence-corrected chi connectivity index (χ3v) is 2.70. The lowest BCUT2D eigenvalue weighted by Crippen LogP contribution is -2.85. The molecule has 0 radical (unpaired) electrons. The number of quaternary nitrogens is 1. The first kappa shape index (κ1) is 14.0. The number of ether oxygens (including phenoxy) is 1. The van der Waals surface area contributed by atoms with Gasteiger partial charge in [-0.25, -0.2) is 18.6 Å². The molecule has 0 saturated heterocycles. The number of benzene rings is 2. The molecule has 3 rings (SSSR count). The van der Waals surface area contributed by atoms with Gasteiger partial charge in [-0.15, -0.1) is 10.2 Å². The number of rotatable bonds is 0. The molecule has 0 saturated carbocycles. The Bertz CT molecular complexity index is 564. The second kappa shape index (κ2) is 5.70. The molecule has 0 bridgehead atoms. The molecule has 0 fully saturated rings. The van der Waals surface area contributed by atoms with Crippen LogP contribution in [0.15, 0.2) is 36.4 Å². The van der Waals surface area contributed by atoms with E-state index in [-0.39, 0.29) is 0 Å². The van der Waals surface area contributed by atoms with Crippen LogP contribution >= 0.6 is 0 Å². The second-order valence-corrected chi connectivity index (χ2v) is 4.70. The zero-order valence-corrected chi connectivity index (χ0v) is 10.6. The summed E-state index contributed by atoms with van der Waals surface area (Å²) >= 11 is 0. The van der Waals surface area contributed by atoms with Crippen LogP contribution in [0.5, 0.6) is 5.75 Å². The Kier molecular flexibility index (Phi) is 4.20. The van der Waals surface area contributed by atoms with E-state index in [1.807, 2.05) is 0 Å². The van der Waals surface area contributed by atoms with E-state index >= 15 is 0 Å². The minimum atomic E-state index is -4.94. The van der Waals surface area contributed by atoms with E-state index in [0.29, 0.717) is 0 Å². The molecule has 0 atom stereocenters. The van der Waals surface area contributed by atoms with Gasteiger partial charge in [-0.05, 0) is 16.8 Å². The summed E-state index contributed by atoms with van der Waals surface area (Å²) in [6.45, 7) is 1.77. The van der Waals surface area contributed by atoms with E-state index in [1.54, 1.807) is 0 Å². The Morgan fingerprint density at radius 3 is 2.42 bits per heavy atom. The summed E-state index contributed by atoms with van der Waals surface area (Å²) in [5, 5.41) is 4.79. The van der Waals surface area contributed by atoms with E-state index in [2.05, 4.69) is 41.7 Å². The van der Waals surface area contributed by atoms with Crippen LogP contribution in [0.3, 0.4) is 0 Å². The Morgan fingerprint density at radius 2 is 1.68 bits per heavy atom. The monoisotopic (exact) mass is 285 g/mol. The standard InChI is InChI=1S/C12H11NO.ClHO4/c1-2-4-10-9(3-1)5-6-12-11(10)7-13-8-14-12;2-1(3,4)5/h1-6,13H,7-8H2;(H,2,3,4,5). The maximum absolute atomic E-state index is 8.49. The minimum Gasteiger partial charge on any atom is -0.445 e. The Hall–Kier alpha value is -1.41. The molecule has 2 aromatic carbocycles. The van der Waals surface area contributed by atoms with E-state index in [0.717, 1.165) is 19.0 Å². The minimum absolute atomic E-state index is 0.741. The molecular weight excluding hydrogens is 274 g/mol. The van der Waals surface area contributed by atoms with Crippen LogP contribution in [0, 0.1) is 10.2 Å². The van der Waals surface area contributed by atoms with Crippen LogP contribution in [0.1, 0.15) is 5.56 Å². The predicted molar refractivity (Wildman–Crippen MR) is 55.1 cm³/mol. The van der Waals surface area contributed by atoms with Crippen LogP contribution in [0.25, 0.3) is 10.8 Å². The molecule has 0 aliphatic carbocycles. The van der Waals surface area contributed by atoms with Crippen LogP contribution in [0.4, 0.5) is 0 Å². The summed E-state index contributed by atoms with van der Waals surface area (Å²) in [5.41, 5.74) is 1.33. The zero-order chi connectivity index (χ0) is 13.9. The molecule has 6 nitrogen and oxygen atoms in total. The molecule has 1 aliphatic rings. The van der Waals surface area contributed by atoms with Crippen molar-refractivity contribution in [2.75, 3.05) is 6.73 Å². The fourth-order valence-corrected chi connectivity index (χ4v) is 2.01. The number of nitrogens with two attached hydrogens (primary N) is 1. The predicted octanol–water partition coefficient (Wildman–Crippen LogP) is -3.50. The van der Waals surface area contributed by atoms with Gasteiger partial charge in [-0.3, -0.25) is 0 Å². The maximum Gasteiger partial charge on any atom is 0.221 e. The molecule has 0 amide bonds. The summed E-state index contributed by atoms with van der Waals surface area (Å²) in [4.78, 5) is 0. The van der Waals surface area contributed by atoms with Crippen molar-refractivity contribution in [1.82, 2.24) is 0 Å². The summed E-state index contributed by atoms with van der Waals surface area (Å²) in [6.07, 6.45) is 0. The first-order chi connectivity index (χ1) is 8.95. The van der Waals surface area contributed by atoms with Crippen molar-refractivity contribution in [3.05, 3.63) is 42.0 Å². The van der Waals surface area contributed by atoms with Gasteiger partial charge < -0.3 is 10.1 Å². The third kappa shape index (κ3) is 4.03. The van der Waals surface area contributed by atoms with Gasteiger partial charge in [0.2, 0.25) is 6.73 Å².